The summed E-state index contributed by atoms with van der Waals surface area (Å²) in [6.07, 6.45) is 0.943. The van der Waals surface area contributed by atoms with E-state index in [4.69, 9.17) is 21.1 Å². The van der Waals surface area contributed by atoms with Crippen LogP contribution in [0.15, 0.2) is 12.1 Å². The summed E-state index contributed by atoms with van der Waals surface area (Å²) in [4.78, 5) is 0. The summed E-state index contributed by atoms with van der Waals surface area (Å²) in [5, 5.41) is 3.98. The van der Waals surface area contributed by atoms with Crippen molar-refractivity contribution in [3.8, 4) is 11.5 Å². The second-order valence-corrected chi connectivity index (χ2v) is 5.13. The number of halogens is 1. The number of nitrogens with one attached hydrogen (secondary N) is 1. The third-order valence-corrected chi connectivity index (χ3v) is 2.81. The zero-order chi connectivity index (χ0) is 14.3. The van der Waals surface area contributed by atoms with Crippen LogP contribution in [0, 0.1) is 0 Å². The molecule has 0 atom stereocenters. The van der Waals surface area contributed by atoms with Gasteiger partial charge in [0, 0.05) is 12.6 Å². The minimum Gasteiger partial charge on any atom is -0.490 e. The lowest BCUT2D eigenvalue weighted by Gasteiger charge is -2.16. The molecular formula is C15H24ClNO2. The molecule has 0 aliphatic rings. The monoisotopic (exact) mass is 285 g/mol. The molecule has 0 unspecified atom stereocenters. The van der Waals surface area contributed by atoms with Crippen LogP contribution in [0.5, 0.6) is 11.5 Å². The summed E-state index contributed by atoms with van der Waals surface area (Å²) >= 11 is 6.29. The summed E-state index contributed by atoms with van der Waals surface area (Å²) in [6, 6.07) is 4.37. The van der Waals surface area contributed by atoms with E-state index >= 15 is 0 Å². The first-order valence-electron chi connectivity index (χ1n) is 6.89. The van der Waals surface area contributed by atoms with Crippen LogP contribution in [-0.4, -0.2) is 19.3 Å². The fourth-order valence-electron chi connectivity index (χ4n) is 1.65. The molecule has 0 aromatic heterocycles. The van der Waals surface area contributed by atoms with E-state index in [1.165, 1.54) is 0 Å². The van der Waals surface area contributed by atoms with Crippen LogP contribution in [-0.2, 0) is 6.54 Å². The van der Waals surface area contributed by atoms with Crippen LogP contribution in [0.4, 0.5) is 0 Å². The maximum atomic E-state index is 6.29. The van der Waals surface area contributed by atoms with Crippen molar-refractivity contribution in [2.45, 2.75) is 46.7 Å². The van der Waals surface area contributed by atoms with Crippen molar-refractivity contribution in [3.05, 3.63) is 22.7 Å². The van der Waals surface area contributed by atoms with Crippen molar-refractivity contribution in [2.75, 3.05) is 13.2 Å². The van der Waals surface area contributed by atoms with Gasteiger partial charge in [-0.1, -0.05) is 32.4 Å². The van der Waals surface area contributed by atoms with E-state index < -0.39 is 0 Å². The van der Waals surface area contributed by atoms with Crippen LogP contribution in [0.2, 0.25) is 5.02 Å². The summed E-state index contributed by atoms with van der Waals surface area (Å²) in [6.45, 7) is 10.3. The van der Waals surface area contributed by atoms with Gasteiger partial charge < -0.3 is 14.8 Å². The van der Waals surface area contributed by atoms with Crippen molar-refractivity contribution in [3.63, 3.8) is 0 Å². The normalized spacial score (nSPS) is 10.8. The lowest BCUT2D eigenvalue weighted by Crippen LogP contribution is -2.21. The quantitative estimate of drug-likeness (QED) is 0.782. The Morgan fingerprint density at radius 1 is 1.21 bits per heavy atom. The number of ether oxygens (including phenoxy) is 2. The van der Waals surface area contributed by atoms with E-state index in [1.54, 1.807) is 0 Å². The number of hydrogen-bond donors (Lipinski definition) is 1. The molecule has 0 heterocycles. The van der Waals surface area contributed by atoms with Crippen LogP contribution < -0.4 is 14.8 Å². The van der Waals surface area contributed by atoms with E-state index in [0.717, 1.165) is 24.3 Å². The predicted octanol–water partition coefficient (Wildman–Crippen LogP) is 4.03. The van der Waals surface area contributed by atoms with Crippen molar-refractivity contribution in [1.29, 1.82) is 0 Å². The topological polar surface area (TPSA) is 30.5 Å². The van der Waals surface area contributed by atoms with Crippen molar-refractivity contribution >= 4 is 11.6 Å². The first-order chi connectivity index (χ1) is 9.08. The van der Waals surface area contributed by atoms with Crippen LogP contribution >= 0.6 is 11.6 Å². The molecule has 0 fully saturated rings. The summed E-state index contributed by atoms with van der Waals surface area (Å²) in [5.41, 5.74) is 1.10. The summed E-state index contributed by atoms with van der Waals surface area (Å²) in [7, 11) is 0. The fourth-order valence-corrected chi connectivity index (χ4v) is 1.94. The van der Waals surface area contributed by atoms with Gasteiger partial charge in [0.05, 0.1) is 18.2 Å². The maximum Gasteiger partial charge on any atom is 0.179 e. The molecular weight excluding hydrogens is 262 g/mol. The molecule has 0 saturated carbocycles. The molecule has 19 heavy (non-hydrogen) atoms. The van der Waals surface area contributed by atoms with Crippen molar-refractivity contribution in [2.24, 2.45) is 0 Å². The van der Waals surface area contributed by atoms with Crippen molar-refractivity contribution < 1.29 is 9.47 Å². The first-order valence-corrected chi connectivity index (χ1v) is 7.27. The van der Waals surface area contributed by atoms with E-state index in [-0.39, 0.29) is 0 Å². The van der Waals surface area contributed by atoms with Gasteiger partial charge in [-0.05, 0) is 31.0 Å². The molecule has 0 saturated heterocycles. The molecule has 0 aliphatic carbocycles. The highest BCUT2D eigenvalue weighted by Crippen LogP contribution is 2.36. The van der Waals surface area contributed by atoms with E-state index in [1.807, 2.05) is 19.1 Å². The highest BCUT2D eigenvalue weighted by atomic mass is 35.5. The van der Waals surface area contributed by atoms with Gasteiger partial charge in [-0.3, -0.25) is 0 Å². The zero-order valence-corrected chi connectivity index (χ0v) is 13.0. The Labute approximate surface area is 121 Å². The molecule has 0 aliphatic heterocycles. The number of hydrogen-bond acceptors (Lipinski definition) is 3. The average Bonchev–Trinajstić information content (AvgIpc) is 2.36. The summed E-state index contributed by atoms with van der Waals surface area (Å²) in [5.74, 6) is 1.38. The zero-order valence-electron chi connectivity index (χ0n) is 12.3. The molecule has 1 aromatic carbocycles. The molecule has 0 spiro atoms. The molecule has 4 heteroatoms. The van der Waals surface area contributed by atoms with Gasteiger partial charge in [-0.25, -0.2) is 0 Å². The molecule has 1 rings (SSSR count). The van der Waals surface area contributed by atoms with Crippen LogP contribution in [0.3, 0.4) is 0 Å². The average molecular weight is 286 g/mol. The Kier molecular flexibility index (Phi) is 7.03. The smallest absolute Gasteiger partial charge is 0.179 e. The Hall–Kier alpha value is -0.930. The van der Waals surface area contributed by atoms with Crippen molar-refractivity contribution in [1.82, 2.24) is 5.32 Å². The molecule has 3 nitrogen and oxygen atoms in total. The minimum absolute atomic E-state index is 0.435. The van der Waals surface area contributed by atoms with E-state index in [0.29, 0.717) is 30.0 Å². The Morgan fingerprint density at radius 3 is 2.53 bits per heavy atom. The molecule has 1 aromatic rings. The van der Waals surface area contributed by atoms with Gasteiger partial charge in [-0.2, -0.15) is 0 Å². The SMILES string of the molecule is CCCOc1c(Cl)cc(CNC(C)C)cc1OCC. The van der Waals surface area contributed by atoms with Gasteiger partial charge in [0.25, 0.3) is 0 Å². The highest BCUT2D eigenvalue weighted by Gasteiger charge is 2.12. The Morgan fingerprint density at radius 2 is 1.95 bits per heavy atom. The fraction of sp³-hybridized carbons (Fsp3) is 0.600. The second kappa shape index (κ2) is 8.28. The second-order valence-electron chi connectivity index (χ2n) is 4.72. The summed E-state index contributed by atoms with van der Waals surface area (Å²) < 4.78 is 11.3. The Bertz CT molecular complexity index is 394. The maximum absolute atomic E-state index is 6.29. The van der Waals surface area contributed by atoms with Gasteiger partial charge in [-0.15, -0.1) is 0 Å². The number of benzene rings is 1. The van der Waals surface area contributed by atoms with Crippen LogP contribution in [0.1, 0.15) is 39.7 Å². The lowest BCUT2D eigenvalue weighted by molar-refractivity contribution is 0.277. The lowest BCUT2D eigenvalue weighted by atomic mass is 10.2. The van der Waals surface area contributed by atoms with Gasteiger partial charge in [0.2, 0.25) is 0 Å². The van der Waals surface area contributed by atoms with Gasteiger partial charge >= 0.3 is 0 Å². The first kappa shape index (κ1) is 16.1. The van der Waals surface area contributed by atoms with Crippen LogP contribution in [0.25, 0.3) is 0 Å². The Balaban J connectivity index is 2.92. The van der Waals surface area contributed by atoms with E-state index in [9.17, 15) is 0 Å². The molecule has 0 amide bonds. The predicted molar refractivity (Wildman–Crippen MR) is 80.4 cm³/mol. The van der Waals surface area contributed by atoms with Gasteiger partial charge in [0.1, 0.15) is 0 Å². The molecule has 0 radical (unpaired) electrons. The third kappa shape index (κ3) is 5.29. The third-order valence-electron chi connectivity index (χ3n) is 2.53. The molecule has 0 bridgehead atoms. The van der Waals surface area contributed by atoms with Gasteiger partial charge in [0.15, 0.2) is 11.5 Å². The molecule has 1 N–H and O–H groups in total. The molecule has 108 valence electrons. The number of rotatable bonds is 8. The highest BCUT2D eigenvalue weighted by molar-refractivity contribution is 6.32. The minimum atomic E-state index is 0.435. The standard InChI is InChI=1S/C15H24ClNO2/c1-5-7-19-15-13(16)8-12(10-17-11(3)4)9-14(15)18-6-2/h8-9,11,17H,5-7,10H2,1-4H3. The van der Waals surface area contributed by atoms with E-state index in [2.05, 4.69) is 26.1 Å². The largest absolute Gasteiger partial charge is 0.490 e.